The van der Waals surface area contributed by atoms with E-state index in [-0.39, 0.29) is 11.7 Å². The molecule has 0 spiro atoms. The Morgan fingerprint density at radius 2 is 1.62 bits per heavy atom. The highest BCUT2D eigenvalue weighted by Gasteiger charge is 2.23. The van der Waals surface area contributed by atoms with Crippen LogP contribution in [0, 0.1) is 0 Å². The van der Waals surface area contributed by atoms with E-state index in [0.717, 1.165) is 29.2 Å². The van der Waals surface area contributed by atoms with Crippen LogP contribution in [0.3, 0.4) is 0 Å². The molecule has 26 heavy (non-hydrogen) atoms. The molecule has 128 valence electrons. The molecule has 3 aromatic rings. The Labute approximate surface area is 152 Å². The standard InChI is InChI=1S/C23H19NO2/c25-22(21-7-3-5-17-4-1-2-6-20(17)21)15-10-16-8-11-18(12-9-16)23(26)24-19-13-14-19/h1-12,15,19H,13-14H2,(H,24,26). The van der Waals surface area contributed by atoms with Gasteiger partial charge < -0.3 is 5.32 Å². The Hall–Kier alpha value is -3.20. The van der Waals surface area contributed by atoms with Crippen molar-refractivity contribution >= 4 is 28.5 Å². The molecule has 1 aliphatic carbocycles. The normalized spacial score (nSPS) is 13.8. The highest BCUT2D eigenvalue weighted by molar-refractivity contribution is 6.14. The van der Waals surface area contributed by atoms with Crippen molar-refractivity contribution < 1.29 is 9.59 Å². The first-order valence-electron chi connectivity index (χ1n) is 8.82. The quantitative estimate of drug-likeness (QED) is 0.543. The van der Waals surface area contributed by atoms with E-state index in [0.29, 0.717) is 17.2 Å². The molecule has 0 aliphatic heterocycles. The van der Waals surface area contributed by atoms with Gasteiger partial charge in [0.15, 0.2) is 5.78 Å². The van der Waals surface area contributed by atoms with Crippen molar-refractivity contribution in [2.75, 3.05) is 0 Å². The van der Waals surface area contributed by atoms with Crippen LogP contribution in [0.1, 0.15) is 39.1 Å². The van der Waals surface area contributed by atoms with Gasteiger partial charge in [-0.2, -0.15) is 0 Å². The molecular formula is C23H19NO2. The lowest BCUT2D eigenvalue weighted by molar-refractivity contribution is 0.0950. The summed E-state index contributed by atoms with van der Waals surface area (Å²) >= 11 is 0. The molecule has 0 saturated heterocycles. The lowest BCUT2D eigenvalue weighted by atomic mass is 10.0. The van der Waals surface area contributed by atoms with Crippen LogP contribution in [0.5, 0.6) is 0 Å². The summed E-state index contributed by atoms with van der Waals surface area (Å²) in [7, 11) is 0. The second-order valence-corrected chi connectivity index (χ2v) is 6.59. The summed E-state index contributed by atoms with van der Waals surface area (Å²) in [5.41, 5.74) is 2.23. The van der Waals surface area contributed by atoms with Gasteiger partial charge in [-0.1, -0.05) is 60.7 Å². The SMILES string of the molecule is O=C(NC1CC1)c1ccc(C=CC(=O)c2cccc3ccccc23)cc1. The van der Waals surface area contributed by atoms with Gasteiger partial charge in [-0.3, -0.25) is 9.59 Å². The first-order valence-corrected chi connectivity index (χ1v) is 8.82. The second-order valence-electron chi connectivity index (χ2n) is 6.59. The zero-order valence-electron chi connectivity index (χ0n) is 14.3. The smallest absolute Gasteiger partial charge is 0.251 e. The number of carbonyl (C=O) groups excluding carboxylic acids is 2. The van der Waals surface area contributed by atoms with Gasteiger partial charge in [0.1, 0.15) is 0 Å². The van der Waals surface area contributed by atoms with Crippen molar-refractivity contribution in [1.29, 1.82) is 0 Å². The zero-order valence-corrected chi connectivity index (χ0v) is 14.3. The Morgan fingerprint density at radius 1 is 0.885 bits per heavy atom. The third-order valence-electron chi connectivity index (χ3n) is 4.57. The Bertz CT molecular complexity index is 993. The maximum Gasteiger partial charge on any atom is 0.251 e. The van der Waals surface area contributed by atoms with E-state index < -0.39 is 0 Å². The van der Waals surface area contributed by atoms with Crippen molar-refractivity contribution in [2.45, 2.75) is 18.9 Å². The molecule has 1 N–H and O–H groups in total. The summed E-state index contributed by atoms with van der Waals surface area (Å²) in [5, 5.41) is 4.98. The first-order chi connectivity index (χ1) is 12.7. The monoisotopic (exact) mass is 341 g/mol. The summed E-state index contributed by atoms with van der Waals surface area (Å²) in [4.78, 5) is 24.6. The van der Waals surface area contributed by atoms with Gasteiger partial charge in [-0.25, -0.2) is 0 Å². The zero-order chi connectivity index (χ0) is 17.9. The number of benzene rings is 3. The van der Waals surface area contributed by atoms with Crippen LogP contribution in [-0.2, 0) is 0 Å². The predicted octanol–water partition coefficient (Wildman–Crippen LogP) is 4.63. The summed E-state index contributed by atoms with van der Waals surface area (Å²) in [6.07, 6.45) is 5.51. The maximum atomic E-state index is 12.6. The van der Waals surface area contributed by atoms with E-state index in [1.165, 1.54) is 0 Å². The predicted molar refractivity (Wildman–Crippen MR) is 104 cm³/mol. The van der Waals surface area contributed by atoms with Crippen molar-refractivity contribution in [3.63, 3.8) is 0 Å². The maximum absolute atomic E-state index is 12.6. The number of fused-ring (bicyclic) bond motifs is 1. The first kappa shape index (κ1) is 16.3. The van der Waals surface area contributed by atoms with E-state index in [1.807, 2.05) is 54.6 Å². The molecule has 3 nitrogen and oxygen atoms in total. The molecule has 0 bridgehead atoms. The topological polar surface area (TPSA) is 46.2 Å². The van der Waals surface area contributed by atoms with Crippen LogP contribution < -0.4 is 5.32 Å². The molecule has 1 aliphatic rings. The molecule has 0 unspecified atom stereocenters. The van der Waals surface area contributed by atoms with E-state index in [1.54, 1.807) is 24.3 Å². The summed E-state index contributed by atoms with van der Waals surface area (Å²) in [5.74, 6) is -0.0628. The number of nitrogens with one attached hydrogen (secondary N) is 1. The van der Waals surface area contributed by atoms with Gasteiger partial charge >= 0.3 is 0 Å². The van der Waals surface area contributed by atoms with Gasteiger partial charge in [0.05, 0.1) is 0 Å². The van der Waals surface area contributed by atoms with Crippen LogP contribution in [0.2, 0.25) is 0 Å². The van der Waals surface area contributed by atoms with Gasteiger partial charge in [0, 0.05) is 17.2 Å². The minimum absolute atomic E-state index is 0.0302. The van der Waals surface area contributed by atoms with E-state index >= 15 is 0 Å². The van der Waals surface area contributed by atoms with Crippen molar-refractivity contribution in [2.24, 2.45) is 0 Å². The van der Waals surface area contributed by atoms with Crippen molar-refractivity contribution in [1.82, 2.24) is 5.32 Å². The number of hydrogen-bond acceptors (Lipinski definition) is 2. The minimum Gasteiger partial charge on any atom is -0.349 e. The Morgan fingerprint density at radius 3 is 2.38 bits per heavy atom. The van der Waals surface area contributed by atoms with Gasteiger partial charge in [-0.05, 0) is 47.4 Å². The van der Waals surface area contributed by atoms with Crippen LogP contribution in [-0.4, -0.2) is 17.7 Å². The molecule has 1 amide bonds. The van der Waals surface area contributed by atoms with Gasteiger partial charge in [-0.15, -0.1) is 0 Å². The van der Waals surface area contributed by atoms with E-state index in [2.05, 4.69) is 5.32 Å². The summed E-state index contributed by atoms with van der Waals surface area (Å²) in [6.45, 7) is 0. The molecule has 0 aromatic heterocycles. The number of rotatable bonds is 5. The van der Waals surface area contributed by atoms with Crippen molar-refractivity contribution in [3.05, 3.63) is 89.5 Å². The van der Waals surface area contributed by atoms with E-state index in [9.17, 15) is 9.59 Å². The number of ketones is 1. The minimum atomic E-state index is -0.0325. The molecule has 4 rings (SSSR count). The number of carbonyl (C=O) groups is 2. The fourth-order valence-corrected chi connectivity index (χ4v) is 2.94. The average molecular weight is 341 g/mol. The lowest BCUT2D eigenvalue weighted by Gasteiger charge is -2.04. The Balaban J connectivity index is 1.50. The van der Waals surface area contributed by atoms with Crippen LogP contribution in [0.15, 0.2) is 72.8 Å². The fourth-order valence-electron chi connectivity index (χ4n) is 2.94. The number of allylic oxidation sites excluding steroid dienone is 1. The number of amides is 1. The molecule has 1 fully saturated rings. The fraction of sp³-hybridized carbons (Fsp3) is 0.130. The molecule has 0 radical (unpaired) electrons. The van der Waals surface area contributed by atoms with Crippen LogP contribution in [0.4, 0.5) is 0 Å². The van der Waals surface area contributed by atoms with Gasteiger partial charge in [0.2, 0.25) is 0 Å². The van der Waals surface area contributed by atoms with Crippen LogP contribution >= 0.6 is 0 Å². The Kier molecular flexibility index (Phi) is 4.36. The highest BCUT2D eigenvalue weighted by atomic mass is 16.1. The van der Waals surface area contributed by atoms with Crippen molar-refractivity contribution in [3.8, 4) is 0 Å². The molecule has 3 aromatic carbocycles. The number of hydrogen-bond donors (Lipinski definition) is 1. The molecule has 3 heteroatoms. The third kappa shape index (κ3) is 3.57. The average Bonchev–Trinajstić information content (AvgIpc) is 3.50. The molecule has 0 heterocycles. The summed E-state index contributed by atoms with van der Waals surface area (Å²) in [6, 6.07) is 21.3. The highest BCUT2D eigenvalue weighted by Crippen LogP contribution is 2.20. The van der Waals surface area contributed by atoms with Gasteiger partial charge in [0.25, 0.3) is 5.91 Å². The molecule has 0 atom stereocenters. The molecular weight excluding hydrogens is 322 g/mol. The largest absolute Gasteiger partial charge is 0.349 e. The lowest BCUT2D eigenvalue weighted by Crippen LogP contribution is -2.25. The molecule has 1 saturated carbocycles. The third-order valence-corrected chi connectivity index (χ3v) is 4.57. The van der Waals surface area contributed by atoms with E-state index in [4.69, 9.17) is 0 Å². The van der Waals surface area contributed by atoms with Crippen LogP contribution in [0.25, 0.3) is 16.8 Å². The summed E-state index contributed by atoms with van der Waals surface area (Å²) < 4.78 is 0. The second kappa shape index (κ2) is 6.96.